The molecule has 6 heteroatoms. The Hall–Kier alpha value is -2.34. The number of hydrogen-bond acceptors (Lipinski definition) is 2. The summed E-state index contributed by atoms with van der Waals surface area (Å²) in [5, 5.41) is 0. The van der Waals surface area contributed by atoms with E-state index in [1.165, 1.54) is 23.1 Å². The van der Waals surface area contributed by atoms with Crippen LogP contribution in [0.5, 0.6) is 0 Å². The fraction of sp³-hybridized carbons (Fsp3) is 0.316. The number of carbonyl (C=O) groups excluding carboxylic acids is 1. The Labute approximate surface area is 144 Å². The van der Waals surface area contributed by atoms with E-state index in [0.717, 1.165) is 18.2 Å². The molecule has 1 atom stereocenters. The zero-order valence-corrected chi connectivity index (χ0v) is 13.6. The van der Waals surface area contributed by atoms with Gasteiger partial charge in [0.2, 0.25) is 0 Å². The lowest BCUT2D eigenvalue weighted by Gasteiger charge is -2.32. The first-order chi connectivity index (χ1) is 12.0. The van der Waals surface area contributed by atoms with Gasteiger partial charge in [-0.05, 0) is 43.2 Å². The normalized spacial score (nSPS) is 17.6. The van der Waals surface area contributed by atoms with Crippen molar-refractivity contribution >= 4 is 5.91 Å². The van der Waals surface area contributed by atoms with E-state index in [1.807, 2.05) is 0 Å². The monoisotopic (exact) mass is 349 g/mol. The van der Waals surface area contributed by atoms with Crippen LogP contribution in [0.2, 0.25) is 0 Å². The van der Waals surface area contributed by atoms with Crippen LogP contribution in [0.15, 0.2) is 42.5 Å². The molecule has 0 unspecified atom stereocenters. The fourth-order valence-corrected chi connectivity index (χ4v) is 2.93. The Kier molecular flexibility index (Phi) is 5.38. The number of piperidine rings is 1. The van der Waals surface area contributed by atoms with Crippen molar-refractivity contribution in [3.8, 4) is 0 Å². The van der Waals surface area contributed by atoms with Gasteiger partial charge in [-0.15, -0.1) is 0 Å². The van der Waals surface area contributed by atoms with Crippen LogP contribution in [-0.4, -0.2) is 30.0 Å². The summed E-state index contributed by atoms with van der Waals surface area (Å²) in [5.41, 5.74) is 0.164. The molecule has 0 aliphatic carbocycles. The number of hydrogen-bond donors (Lipinski definition) is 0. The molecule has 1 heterocycles. The first-order valence-corrected chi connectivity index (χ1v) is 8.14. The highest BCUT2D eigenvalue weighted by atomic mass is 19.1. The molecule has 1 aliphatic heterocycles. The molecule has 3 rings (SSSR count). The van der Waals surface area contributed by atoms with Crippen molar-refractivity contribution in [3.63, 3.8) is 0 Å². The van der Waals surface area contributed by atoms with E-state index in [9.17, 15) is 18.0 Å². The predicted molar refractivity (Wildman–Crippen MR) is 86.5 cm³/mol. The summed E-state index contributed by atoms with van der Waals surface area (Å²) >= 11 is 0. The number of amides is 1. The third-order valence-electron chi connectivity index (χ3n) is 4.25. The van der Waals surface area contributed by atoms with Gasteiger partial charge in [0.25, 0.3) is 5.91 Å². The predicted octanol–water partition coefficient (Wildman–Crippen LogP) is 3.93. The van der Waals surface area contributed by atoms with Gasteiger partial charge in [-0.1, -0.05) is 12.1 Å². The van der Waals surface area contributed by atoms with Crippen molar-refractivity contribution in [1.82, 2.24) is 4.90 Å². The number of benzene rings is 2. The smallest absolute Gasteiger partial charge is 0.256 e. The number of likely N-dealkylation sites (tertiary alicyclic amines) is 1. The maximum atomic E-state index is 13.8. The maximum absolute atomic E-state index is 13.8. The Morgan fingerprint density at radius 2 is 1.92 bits per heavy atom. The fourth-order valence-electron chi connectivity index (χ4n) is 2.93. The van der Waals surface area contributed by atoms with E-state index in [-0.39, 0.29) is 29.7 Å². The number of nitrogens with zero attached hydrogens (tertiary/aromatic N) is 1. The Balaban J connectivity index is 1.62. The maximum Gasteiger partial charge on any atom is 0.256 e. The first-order valence-electron chi connectivity index (χ1n) is 8.14. The van der Waals surface area contributed by atoms with Crippen LogP contribution in [0.4, 0.5) is 13.2 Å². The molecule has 132 valence electrons. The van der Waals surface area contributed by atoms with Crippen molar-refractivity contribution in [2.75, 3.05) is 13.1 Å². The van der Waals surface area contributed by atoms with Gasteiger partial charge in [-0.3, -0.25) is 4.79 Å². The SMILES string of the molecule is O=C(c1ccccc1F)N1CCC[C@@H](OCc2cc(F)ccc2F)C1. The standard InChI is InChI=1S/C19H18F3NO2/c20-14-7-8-17(21)13(10-14)12-25-15-4-3-9-23(11-15)19(24)16-5-1-2-6-18(16)22/h1-2,5-8,10,15H,3-4,9,11-12H2/t15-/m1/s1. The Morgan fingerprint density at radius 1 is 1.12 bits per heavy atom. The van der Waals surface area contributed by atoms with E-state index in [0.29, 0.717) is 25.9 Å². The minimum atomic E-state index is -0.558. The number of rotatable bonds is 4. The van der Waals surface area contributed by atoms with Crippen LogP contribution in [0.3, 0.4) is 0 Å². The van der Waals surface area contributed by atoms with Gasteiger partial charge in [0.15, 0.2) is 0 Å². The molecule has 0 bridgehead atoms. The summed E-state index contributed by atoms with van der Waals surface area (Å²) in [5.74, 6) is -2.00. The molecule has 0 saturated carbocycles. The third-order valence-corrected chi connectivity index (χ3v) is 4.25. The zero-order chi connectivity index (χ0) is 17.8. The summed E-state index contributed by atoms with van der Waals surface area (Å²) in [7, 11) is 0. The molecule has 0 radical (unpaired) electrons. The molecular formula is C19H18F3NO2. The average molecular weight is 349 g/mol. The lowest BCUT2D eigenvalue weighted by Crippen LogP contribution is -2.43. The molecule has 1 fully saturated rings. The number of halogens is 3. The van der Waals surface area contributed by atoms with Gasteiger partial charge in [0.1, 0.15) is 17.5 Å². The summed E-state index contributed by atoms with van der Waals surface area (Å²) in [4.78, 5) is 14.0. The third kappa shape index (κ3) is 4.20. The minimum absolute atomic E-state index is 0.0272. The second kappa shape index (κ2) is 7.70. The molecule has 2 aromatic rings. The molecule has 2 aromatic carbocycles. The highest BCUT2D eigenvalue weighted by Crippen LogP contribution is 2.19. The minimum Gasteiger partial charge on any atom is -0.372 e. The van der Waals surface area contributed by atoms with Gasteiger partial charge in [-0.2, -0.15) is 0 Å². The molecule has 0 aromatic heterocycles. The molecular weight excluding hydrogens is 331 g/mol. The van der Waals surface area contributed by atoms with Gasteiger partial charge in [0.05, 0.1) is 18.3 Å². The number of ether oxygens (including phenoxy) is 1. The van der Waals surface area contributed by atoms with E-state index in [1.54, 1.807) is 6.07 Å². The molecule has 0 spiro atoms. The summed E-state index contributed by atoms with van der Waals surface area (Å²) in [6, 6.07) is 9.04. The molecule has 1 aliphatic rings. The zero-order valence-electron chi connectivity index (χ0n) is 13.6. The lowest BCUT2D eigenvalue weighted by atomic mass is 10.1. The molecule has 1 saturated heterocycles. The topological polar surface area (TPSA) is 29.5 Å². The highest BCUT2D eigenvalue weighted by Gasteiger charge is 2.26. The summed E-state index contributed by atoms with van der Waals surface area (Å²) < 4.78 is 46.3. The highest BCUT2D eigenvalue weighted by molar-refractivity contribution is 5.94. The molecule has 0 N–H and O–H groups in total. The van der Waals surface area contributed by atoms with Crippen molar-refractivity contribution in [2.45, 2.75) is 25.6 Å². The van der Waals surface area contributed by atoms with Crippen molar-refractivity contribution in [3.05, 3.63) is 71.0 Å². The first kappa shape index (κ1) is 17.5. The van der Waals surface area contributed by atoms with E-state index < -0.39 is 17.5 Å². The molecule has 25 heavy (non-hydrogen) atoms. The Bertz CT molecular complexity index is 766. The second-order valence-electron chi connectivity index (χ2n) is 6.04. The van der Waals surface area contributed by atoms with Crippen molar-refractivity contribution in [1.29, 1.82) is 0 Å². The van der Waals surface area contributed by atoms with E-state index >= 15 is 0 Å². The van der Waals surface area contributed by atoms with Gasteiger partial charge in [0, 0.05) is 18.7 Å². The lowest BCUT2D eigenvalue weighted by molar-refractivity contribution is -0.00781. The van der Waals surface area contributed by atoms with Crippen LogP contribution >= 0.6 is 0 Å². The van der Waals surface area contributed by atoms with Crippen molar-refractivity contribution < 1.29 is 22.7 Å². The van der Waals surface area contributed by atoms with Crippen LogP contribution in [0.1, 0.15) is 28.8 Å². The largest absolute Gasteiger partial charge is 0.372 e. The van der Waals surface area contributed by atoms with Crippen LogP contribution in [0, 0.1) is 17.5 Å². The Morgan fingerprint density at radius 3 is 2.72 bits per heavy atom. The van der Waals surface area contributed by atoms with E-state index in [4.69, 9.17) is 4.74 Å². The summed E-state index contributed by atoms with van der Waals surface area (Å²) in [6.45, 7) is 0.738. The van der Waals surface area contributed by atoms with Gasteiger partial charge >= 0.3 is 0 Å². The second-order valence-corrected chi connectivity index (χ2v) is 6.04. The van der Waals surface area contributed by atoms with Crippen LogP contribution < -0.4 is 0 Å². The summed E-state index contributed by atoms with van der Waals surface area (Å²) in [6.07, 6.45) is 1.11. The quantitative estimate of drug-likeness (QED) is 0.837. The molecule has 1 amide bonds. The van der Waals surface area contributed by atoms with Crippen LogP contribution in [0.25, 0.3) is 0 Å². The number of carbonyl (C=O) groups is 1. The van der Waals surface area contributed by atoms with Crippen molar-refractivity contribution in [2.24, 2.45) is 0 Å². The van der Waals surface area contributed by atoms with E-state index in [2.05, 4.69) is 0 Å². The van der Waals surface area contributed by atoms with Crippen LogP contribution in [-0.2, 0) is 11.3 Å². The average Bonchev–Trinajstić information content (AvgIpc) is 2.62. The molecule has 3 nitrogen and oxygen atoms in total. The van der Waals surface area contributed by atoms with Gasteiger partial charge in [-0.25, -0.2) is 13.2 Å². The van der Waals surface area contributed by atoms with Gasteiger partial charge < -0.3 is 9.64 Å².